The number of rotatable bonds is 6. The molecule has 2 aliphatic rings. The van der Waals surface area contributed by atoms with Crippen molar-refractivity contribution in [1.29, 1.82) is 0 Å². The lowest BCUT2D eigenvalue weighted by atomic mass is 10.2. The zero-order valence-electron chi connectivity index (χ0n) is 21.3. The molecule has 214 valence electrons. The molecule has 5 heterocycles. The first kappa shape index (κ1) is 26.5. The van der Waals surface area contributed by atoms with Crippen LogP contribution in [0.25, 0.3) is 11.2 Å². The standard InChI is InChI=1S/C25H21F4N7O5/c1-33-18-17(20(37)35(24(33)39)12-13-2-4-15(26)5-3-13)36(23(32-18)34-8-6-14-10-30-11-16(14)34)21(19-31-7-9-40-19)41-22(38)25(27,28)29/h2-5,7,9,21,30H,6,8,10-12H2,1H3. The van der Waals surface area contributed by atoms with Crippen molar-refractivity contribution in [3.05, 3.63) is 86.1 Å². The van der Waals surface area contributed by atoms with Crippen molar-refractivity contribution in [1.82, 2.24) is 29.0 Å². The van der Waals surface area contributed by atoms with E-state index in [-0.39, 0.29) is 23.7 Å². The molecular formula is C25H21F4N7O5. The third-order valence-electron chi connectivity index (χ3n) is 7.00. The van der Waals surface area contributed by atoms with E-state index >= 15 is 0 Å². The van der Waals surface area contributed by atoms with Crippen LogP contribution < -0.4 is 21.5 Å². The number of fused-ring (bicyclic) bond motifs is 1. The number of halogens is 4. The van der Waals surface area contributed by atoms with Crippen molar-refractivity contribution >= 4 is 23.1 Å². The molecule has 0 amide bonds. The molecule has 6 rings (SSSR count). The maximum Gasteiger partial charge on any atom is 0.491 e. The number of carbonyl (C=O) groups is 1. The summed E-state index contributed by atoms with van der Waals surface area (Å²) in [6, 6.07) is 5.10. The number of anilines is 1. The molecule has 16 heteroatoms. The van der Waals surface area contributed by atoms with Crippen LogP contribution in [-0.2, 0) is 23.1 Å². The van der Waals surface area contributed by atoms with Crippen LogP contribution in [0.15, 0.2) is 62.0 Å². The molecule has 12 nitrogen and oxygen atoms in total. The van der Waals surface area contributed by atoms with Gasteiger partial charge in [-0.25, -0.2) is 19.0 Å². The van der Waals surface area contributed by atoms with Gasteiger partial charge in [-0.05, 0) is 29.7 Å². The van der Waals surface area contributed by atoms with Crippen LogP contribution in [0.2, 0.25) is 0 Å². The monoisotopic (exact) mass is 575 g/mol. The fourth-order valence-corrected chi connectivity index (χ4v) is 5.07. The number of carbonyl (C=O) groups excluding carboxylic acids is 1. The van der Waals surface area contributed by atoms with Gasteiger partial charge in [0.25, 0.3) is 17.7 Å². The van der Waals surface area contributed by atoms with Crippen LogP contribution >= 0.6 is 0 Å². The van der Waals surface area contributed by atoms with Gasteiger partial charge in [-0.15, -0.1) is 0 Å². The van der Waals surface area contributed by atoms with Gasteiger partial charge in [0.2, 0.25) is 5.95 Å². The van der Waals surface area contributed by atoms with Crippen LogP contribution in [0.5, 0.6) is 0 Å². The van der Waals surface area contributed by atoms with E-state index in [4.69, 9.17) is 9.15 Å². The zero-order valence-corrected chi connectivity index (χ0v) is 21.3. The number of hydrogen-bond donors (Lipinski definition) is 1. The highest BCUT2D eigenvalue weighted by Crippen LogP contribution is 2.36. The molecule has 1 atom stereocenters. The summed E-state index contributed by atoms with van der Waals surface area (Å²) < 4.78 is 66.7. The Labute approximate surface area is 227 Å². The maximum absolute atomic E-state index is 14.0. The first-order chi connectivity index (χ1) is 19.5. The molecule has 4 aromatic rings. The van der Waals surface area contributed by atoms with Crippen LogP contribution in [0.4, 0.5) is 23.5 Å². The zero-order chi connectivity index (χ0) is 29.1. The average molecular weight is 575 g/mol. The van der Waals surface area contributed by atoms with E-state index in [1.54, 1.807) is 4.90 Å². The smallest absolute Gasteiger partial charge is 0.444 e. The van der Waals surface area contributed by atoms with Crippen molar-refractivity contribution in [3.8, 4) is 0 Å². The third kappa shape index (κ3) is 4.49. The third-order valence-corrected chi connectivity index (χ3v) is 7.00. The molecule has 1 unspecified atom stereocenters. The van der Waals surface area contributed by atoms with Gasteiger partial charge in [-0.3, -0.25) is 18.5 Å². The summed E-state index contributed by atoms with van der Waals surface area (Å²) in [7, 11) is 1.35. The Morgan fingerprint density at radius 2 is 1.95 bits per heavy atom. The highest BCUT2D eigenvalue weighted by Gasteiger charge is 2.45. The molecule has 41 heavy (non-hydrogen) atoms. The summed E-state index contributed by atoms with van der Waals surface area (Å²) in [5, 5.41) is 3.19. The minimum atomic E-state index is -5.38. The highest BCUT2D eigenvalue weighted by atomic mass is 19.4. The number of nitrogens with one attached hydrogen (secondary N) is 1. The van der Waals surface area contributed by atoms with E-state index in [0.29, 0.717) is 31.6 Å². The first-order valence-electron chi connectivity index (χ1n) is 12.4. The van der Waals surface area contributed by atoms with Crippen molar-refractivity contribution in [3.63, 3.8) is 0 Å². The first-order valence-corrected chi connectivity index (χ1v) is 12.4. The number of aryl methyl sites for hydroxylation is 1. The number of nitrogens with zero attached hydrogens (tertiary/aromatic N) is 6. The maximum atomic E-state index is 14.0. The van der Waals surface area contributed by atoms with Gasteiger partial charge < -0.3 is 19.4 Å². The Kier molecular flexibility index (Phi) is 6.28. The minimum Gasteiger partial charge on any atom is -0.444 e. The molecular weight excluding hydrogens is 554 g/mol. The van der Waals surface area contributed by atoms with Gasteiger partial charge >= 0.3 is 17.8 Å². The number of hydrogen-bond acceptors (Lipinski definition) is 9. The molecule has 1 N–H and O–H groups in total. The quantitative estimate of drug-likeness (QED) is 0.270. The van der Waals surface area contributed by atoms with Crippen LogP contribution in [0.3, 0.4) is 0 Å². The van der Waals surface area contributed by atoms with E-state index < -0.39 is 41.3 Å². The Balaban J connectivity index is 1.63. The van der Waals surface area contributed by atoms with Crippen LogP contribution in [-0.4, -0.2) is 55.4 Å². The van der Waals surface area contributed by atoms with Crippen molar-refractivity contribution in [2.45, 2.75) is 25.4 Å². The second kappa shape index (κ2) is 9.72. The van der Waals surface area contributed by atoms with E-state index in [1.807, 2.05) is 0 Å². The van der Waals surface area contributed by atoms with Crippen molar-refractivity contribution in [2.75, 3.05) is 24.5 Å². The fourth-order valence-electron chi connectivity index (χ4n) is 5.07. The van der Waals surface area contributed by atoms with Gasteiger partial charge in [0.1, 0.15) is 12.1 Å². The lowest BCUT2D eigenvalue weighted by molar-refractivity contribution is -0.207. The Morgan fingerprint density at radius 1 is 1.20 bits per heavy atom. The number of aromatic nitrogens is 5. The van der Waals surface area contributed by atoms with Crippen molar-refractivity contribution < 1.29 is 31.5 Å². The van der Waals surface area contributed by atoms with Gasteiger partial charge in [-0.2, -0.15) is 18.2 Å². The molecule has 0 radical (unpaired) electrons. The van der Waals surface area contributed by atoms with Gasteiger partial charge in [0.05, 0.1) is 12.7 Å². The molecule has 0 saturated carbocycles. The molecule has 3 aromatic heterocycles. The SMILES string of the molecule is Cn1c(=O)n(Cc2ccc(F)cc2)c(=O)c2c1nc(N1CCC3=C1CNC3)n2C(OC(=O)C(F)(F)F)c1ncco1. The topological polar surface area (TPSA) is 129 Å². The number of imidazole rings is 1. The summed E-state index contributed by atoms with van der Waals surface area (Å²) in [6.45, 7) is 1.12. The molecule has 2 aliphatic heterocycles. The van der Waals surface area contributed by atoms with E-state index in [9.17, 15) is 31.9 Å². The Hall–Kier alpha value is -4.73. The van der Waals surface area contributed by atoms with Crippen molar-refractivity contribution in [2.24, 2.45) is 7.05 Å². The van der Waals surface area contributed by atoms with E-state index in [1.165, 1.54) is 19.2 Å². The molecule has 0 saturated heterocycles. The number of alkyl halides is 3. The second-order valence-corrected chi connectivity index (χ2v) is 9.49. The Bertz CT molecular complexity index is 1800. The van der Waals surface area contributed by atoms with Gasteiger partial charge in [0, 0.05) is 32.4 Å². The highest BCUT2D eigenvalue weighted by molar-refractivity contribution is 5.78. The van der Waals surface area contributed by atoms with E-state index in [0.717, 1.165) is 49.6 Å². The molecule has 0 fully saturated rings. The summed E-state index contributed by atoms with van der Waals surface area (Å²) in [5.41, 5.74) is 0.0657. The predicted octanol–water partition coefficient (Wildman–Crippen LogP) is 1.79. The Morgan fingerprint density at radius 3 is 2.63 bits per heavy atom. The molecule has 0 spiro atoms. The molecule has 1 aromatic carbocycles. The number of benzene rings is 1. The normalized spacial score (nSPS) is 16.1. The lowest BCUT2D eigenvalue weighted by Crippen LogP contribution is -2.40. The average Bonchev–Trinajstić information content (AvgIpc) is 3.73. The van der Waals surface area contributed by atoms with E-state index in [2.05, 4.69) is 15.3 Å². The number of esters is 1. The van der Waals surface area contributed by atoms with Crippen LogP contribution in [0, 0.1) is 5.82 Å². The summed E-state index contributed by atoms with van der Waals surface area (Å²) in [5.74, 6) is -3.57. The fraction of sp³-hybridized carbons (Fsp3) is 0.320. The van der Waals surface area contributed by atoms with Crippen LogP contribution in [0.1, 0.15) is 24.1 Å². The molecule has 0 aliphatic carbocycles. The van der Waals surface area contributed by atoms with Gasteiger partial charge in [-0.1, -0.05) is 12.1 Å². The summed E-state index contributed by atoms with van der Waals surface area (Å²) >= 11 is 0. The second-order valence-electron chi connectivity index (χ2n) is 9.49. The number of ether oxygens (including phenoxy) is 1. The lowest BCUT2D eigenvalue weighted by Gasteiger charge is -2.25. The summed E-state index contributed by atoms with van der Waals surface area (Å²) in [6.07, 6.45) is -4.56. The summed E-state index contributed by atoms with van der Waals surface area (Å²) in [4.78, 5) is 49.5. The van der Waals surface area contributed by atoms with Gasteiger partial charge in [0.15, 0.2) is 11.2 Å². The molecule has 0 bridgehead atoms. The number of oxazole rings is 1. The largest absolute Gasteiger partial charge is 0.491 e. The predicted molar refractivity (Wildman–Crippen MR) is 133 cm³/mol. The minimum absolute atomic E-state index is 0.0430.